The molecule has 0 radical (unpaired) electrons. The first kappa shape index (κ1) is 33.6. The minimum Gasteiger partial charge on any atom is -0.394 e. The van der Waals surface area contributed by atoms with E-state index in [4.69, 9.17) is 0 Å². The molecule has 0 saturated heterocycles. The summed E-state index contributed by atoms with van der Waals surface area (Å²) in [4.78, 5) is 12.2. The highest BCUT2D eigenvalue weighted by Gasteiger charge is 2.17. The zero-order chi connectivity index (χ0) is 25.8. The van der Waals surface area contributed by atoms with Crippen LogP contribution in [0.5, 0.6) is 0 Å². The molecule has 4 heteroatoms. The van der Waals surface area contributed by atoms with Crippen LogP contribution in [-0.2, 0) is 4.79 Å². The van der Waals surface area contributed by atoms with Gasteiger partial charge in [0.25, 0.3) is 0 Å². The Bertz CT molecular complexity index is 541. The molecule has 0 aromatic rings. The highest BCUT2D eigenvalue weighted by atomic mass is 16.3. The molecule has 0 heterocycles. The monoisotopic (exact) mass is 491 g/mol. The Labute approximate surface area is 217 Å². The van der Waals surface area contributed by atoms with Gasteiger partial charge in [-0.1, -0.05) is 127 Å². The van der Waals surface area contributed by atoms with Gasteiger partial charge in [-0.25, -0.2) is 0 Å². The molecule has 0 aromatic heterocycles. The van der Waals surface area contributed by atoms with Gasteiger partial charge in [0.1, 0.15) is 0 Å². The first-order chi connectivity index (χ1) is 17.2. The van der Waals surface area contributed by atoms with Crippen molar-refractivity contribution in [3.05, 3.63) is 36.5 Å². The predicted octanol–water partition coefficient (Wildman–Crippen LogP) is 7.94. The lowest BCUT2D eigenvalue weighted by Gasteiger charge is -2.19. The van der Waals surface area contributed by atoms with E-state index in [9.17, 15) is 15.0 Å². The number of aliphatic hydroxyl groups is 2. The van der Waals surface area contributed by atoms with Crippen LogP contribution < -0.4 is 5.32 Å². The molecule has 0 aliphatic carbocycles. The third-order valence-electron chi connectivity index (χ3n) is 6.35. The van der Waals surface area contributed by atoms with E-state index in [1.165, 1.54) is 77.0 Å². The number of aliphatic hydroxyl groups excluding tert-OH is 2. The second kappa shape index (κ2) is 27.2. The van der Waals surface area contributed by atoms with Gasteiger partial charge in [-0.05, 0) is 38.5 Å². The van der Waals surface area contributed by atoms with Crippen LogP contribution in [0.15, 0.2) is 36.5 Å². The van der Waals surface area contributed by atoms with Crippen LogP contribution in [0.1, 0.15) is 136 Å². The summed E-state index contributed by atoms with van der Waals surface area (Å²) in [6.07, 6.45) is 33.5. The molecule has 0 aliphatic heterocycles. The summed E-state index contributed by atoms with van der Waals surface area (Å²) in [6, 6.07) is -0.638. The normalized spacial score (nSPS) is 13.8. The molecule has 3 N–H and O–H groups in total. The average molecular weight is 492 g/mol. The van der Waals surface area contributed by atoms with Crippen LogP contribution >= 0.6 is 0 Å². The second-order valence-corrected chi connectivity index (χ2v) is 9.80. The minimum atomic E-state index is -0.862. The summed E-state index contributed by atoms with van der Waals surface area (Å²) >= 11 is 0. The molecule has 204 valence electrons. The van der Waals surface area contributed by atoms with Crippen molar-refractivity contribution in [3.63, 3.8) is 0 Å². The fraction of sp³-hybridized carbons (Fsp3) is 0.774. The molecule has 0 bridgehead atoms. The van der Waals surface area contributed by atoms with Gasteiger partial charge < -0.3 is 15.5 Å². The number of rotatable bonds is 25. The highest BCUT2D eigenvalue weighted by molar-refractivity contribution is 5.76. The molecule has 4 nitrogen and oxygen atoms in total. The van der Waals surface area contributed by atoms with Gasteiger partial charge in [0, 0.05) is 6.42 Å². The maximum absolute atomic E-state index is 12.2. The molecule has 0 spiro atoms. The number of carbonyl (C=O) groups excluding carboxylic acids is 1. The summed E-state index contributed by atoms with van der Waals surface area (Å²) < 4.78 is 0. The van der Waals surface area contributed by atoms with Crippen LogP contribution in [0.4, 0.5) is 0 Å². The minimum absolute atomic E-state index is 0.0842. The van der Waals surface area contributed by atoms with Crippen molar-refractivity contribution in [2.75, 3.05) is 6.61 Å². The number of allylic oxidation sites excluding steroid dienone is 5. The molecule has 0 fully saturated rings. The fourth-order valence-electron chi connectivity index (χ4n) is 4.02. The van der Waals surface area contributed by atoms with E-state index in [-0.39, 0.29) is 12.5 Å². The molecular formula is C31H57NO3. The maximum Gasteiger partial charge on any atom is 0.220 e. The van der Waals surface area contributed by atoms with Crippen molar-refractivity contribution in [1.29, 1.82) is 0 Å². The predicted molar refractivity (Wildman–Crippen MR) is 152 cm³/mol. The summed E-state index contributed by atoms with van der Waals surface area (Å²) in [7, 11) is 0. The lowest BCUT2D eigenvalue weighted by Crippen LogP contribution is -2.45. The van der Waals surface area contributed by atoms with Crippen LogP contribution in [0, 0.1) is 0 Å². The summed E-state index contributed by atoms with van der Waals surface area (Å²) in [5.74, 6) is -0.0842. The van der Waals surface area contributed by atoms with Gasteiger partial charge >= 0.3 is 0 Å². The Balaban J connectivity index is 3.79. The highest BCUT2D eigenvalue weighted by Crippen LogP contribution is 2.12. The van der Waals surface area contributed by atoms with Gasteiger partial charge in [0.15, 0.2) is 0 Å². The topological polar surface area (TPSA) is 69.6 Å². The van der Waals surface area contributed by atoms with Crippen LogP contribution in [-0.4, -0.2) is 34.9 Å². The van der Waals surface area contributed by atoms with Crippen molar-refractivity contribution in [1.82, 2.24) is 5.32 Å². The van der Waals surface area contributed by atoms with E-state index in [2.05, 4.69) is 43.5 Å². The first-order valence-corrected chi connectivity index (χ1v) is 14.7. The lowest BCUT2D eigenvalue weighted by molar-refractivity contribution is -0.123. The zero-order valence-corrected chi connectivity index (χ0v) is 23.1. The Morgan fingerprint density at radius 2 is 1.11 bits per heavy atom. The van der Waals surface area contributed by atoms with Crippen molar-refractivity contribution in [3.8, 4) is 0 Å². The van der Waals surface area contributed by atoms with Crippen molar-refractivity contribution < 1.29 is 15.0 Å². The number of unbranched alkanes of at least 4 members (excludes halogenated alkanes) is 14. The SMILES string of the molecule is CCCC/C=C/CC/C=C/CC/C=C/C(O)C(CO)NC(=O)CCCCCCCCCCCCC. The second-order valence-electron chi connectivity index (χ2n) is 9.80. The van der Waals surface area contributed by atoms with Crippen LogP contribution in [0.2, 0.25) is 0 Å². The van der Waals surface area contributed by atoms with E-state index >= 15 is 0 Å². The van der Waals surface area contributed by atoms with E-state index in [1.807, 2.05) is 6.08 Å². The lowest BCUT2D eigenvalue weighted by atomic mass is 10.0. The molecule has 0 aliphatic rings. The molecular weight excluding hydrogens is 434 g/mol. The number of hydrogen-bond donors (Lipinski definition) is 3. The van der Waals surface area contributed by atoms with Crippen LogP contribution in [0.25, 0.3) is 0 Å². The Morgan fingerprint density at radius 3 is 1.63 bits per heavy atom. The molecule has 0 saturated carbocycles. The van der Waals surface area contributed by atoms with E-state index in [1.54, 1.807) is 6.08 Å². The van der Waals surface area contributed by atoms with Gasteiger partial charge in [0.2, 0.25) is 5.91 Å². The molecule has 2 unspecified atom stereocenters. The number of hydrogen-bond acceptors (Lipinski definition) is 3. The maximum atomic E-state index is 12.2. The van der Waals surface area contributed by atoms with Crippen molar-refractivity contribution >= 4 is 5.91 Å². The van der Waals surface area contributed by atoms with Crippen molar-refractivity contribution in [2.45, 2.75) is 148 Å². The van der Waals surface area contributed by atoms with E-state index in [0.29, 0.717) is 6.42 Å². The fourth-order valence-corrected chi connectivity index (χ4v) is 4.02. The average Bonchev–Trinajstić information content (AvgIpc) is 2.86. The van der Waals surface area contributed by atoms with Gasteiger partial charge in [-0.15, -0.1) is 0 Å². The zero-order valence-electron chi connectivity index (χ0n) is 23.1. The summed E-state index contributed by atoms with van der Waals surface area (Å²) in [6.45, 7) is 4.20. The van der Waals surface area contributed by atoms with Crippen molar-refractivity contribution in [2.24, 2.45) is 0 Å². The molecule has 0 aromatic carbocycles. The molecule has 0 rings (SSSR count). The van der Waals surface area contributed by atoms with Crippen LogP contribution in [0.3, 0.4) is 0 Å². The summed E-state index contributed by atoms with van der Waals surface area (Å²) in [5.41, 5.74) is 0. The third kappa shape index (κ3) is 24.1. The standard InChI is InChI=1S/C31H57NO3/c1-3-5-7-9-11-13-15-17-18-20-22-24-26-30(34)29(28-33)32-31(35)27-25-23-21-19-16-14-12-10-8-6-4-2/h9,11,17-18,24,26,29-30,33-34H,3-8,10,12-16,19-23,25,27-28H2,1-2H3,(H,32,35)/b11-9+,18-17+,26-24+. The Hall–Kier alpha value is -1.39. The molecule has 1 amide bonds. The Morgan fingerprint density at radius 1 is 0.657 bits per heavy atom. The first-order valence-electron chi connectivity index (χ1n) is 14.7. The molecule has 35 heavy (non-hydrogen) atoms. The third-order valence-corrected chi connectivity index (χ3v) is 6.35. The largest absolute Gasteiger partial charge is 0.394 e. The van der Waals surface area contributed by atoms with Gasteiger partial charge in [-0.2, -0.15) is 0 Å². The quantitative estimate of drug-likeness (QED) is 0.0896. The number of amides is 1. The van der Waals surface area contributed by atoms with Gasteiger partial charge in [-0.3, -0.25) is 4.79 Å². The number of nitrogens with one attached hydrogen (secondary N) is 1. The number of carbonyl (C=O) groups is 1. The smallest absolute Gasteiger partial charge is 0.220 e. The van der Waals surface area contributed by atoms with E-state index < -0.39 is 12.1 Å². The Kier molecular flexibility index (Phi) is 26.1. The van der Waals surface area contributed by atoms with Gasteiger partial charge in [0.05, 0.1) is 18.8 Å². The summed E-state index contributed by atoms with van der Waals surface area (Å²) in [5, 5.41) is 22.6. The molecule has 2 atom stereocenters. The van der Waals surface area contributed by atoms with E-state index in [0.717, 1.165) is 38.5 Å².